The molecule has 1 aromatic heterocycles. The van der Waals surface area contributed by atoms with Crippen molar-refractivity contribution in [3.05, 3.63) is 15.8 Å². The fraction of sp³-hybridized carbons (Fsp3) is 0.667. The molecule has 7 heteroatoms. The molecule has 2 rings (SSSR count). The highest BCUT2D eigenvalue weighted by molar-refractivity contribution is 5.60. The van der Waals surface area contributed by atoms with Gasteiger partial charge in [0.2, 0.25) is 11.8 Å². The summed E-state index contributed by atoms with van der Waals surface area (Å²) in [5.41, 5.74) is 5.80. The highest BCUT2D eigenvalue weighted by atomic mass is 16.6. The van der Waals surface area contributed by atoms with E-state index >= 15 is 0 Å². The average molecular weight is 265 g/mol. The molecule has 0 radical (unpaired) electrons. The van der Waals surface area contributed by atoms with Crippen molar-refractivity contribution in [2.45, 2.75) is 45.6 Å². The third-order valence-corrected chi connectivity index (χ3v) is 3.69. The van der Waals surface area contributed by atoms with Crippen molar-refractivity contribution in [2.24, 2.45) is 5.92 Å². The first-order valence-electron chi connectivity index (χ1n) is 6.54. The number of hydrogen-bond donors (Lipinski definition) is 2. The second kappa shape index (κ2) is 5.38. The summed E-state index contributed by atoms with van der Waals surface area (Å²) in [6.07, 6.45) is 4.48. The van der Waals surface area contributed by atoms with E-state index in [1.807, 2.05) is 0 Å². The summed E-state index contributed by atoms with van der Waals surface area (Å²) in [7, 11) is 0. The summed E-state index contributed by atoms with van der Waals surface area (Å²) in [6, 6.07) is 0.209. The van der Waals surface area contributed by atoms with Crippen LogP contribution >= 0.6 is 0 Å². The zero-order chi connectivity index (χ0) is 14.0. The first-order chi connectivity index (χ1) is 8.99. The zero-order valence-corrected chi connectivity index (χ0v) is 11.2. The molecule has 1 aliphatic carbocycles. The summed E-state index contributed by atoms with van der Waals surface area (Å²) in [6.45, 7) is 3.73. The molecule has 2 atom stereocenters. The quantitative estimate of drug-likeness (QED) is 0.641. The van der Waals surface area contributed by atoms with E-state index < -0.39 is 4.92 Å². The predicted octanol–water partition coefficient (Wildman–Crippen LogP) is 2.27. The number of nitrogens with two attached hydrogens (primary N) is 1. The molecular formula is C12H19N5O2. The number of hydrogen-bond acceptors (Lipinski definition) is 6. The second-order valence-electron chi connectivity index (χ2n) is 5.13. The summed E-state index contributed by atoms with van der Waals surface area (Å²) >= 11 is 0. The number of anilines is 2. The van der Waals surface area contributed by atoms with Gasteiger partial charge >= 0.3 is 5.69 Å². The van der Waals surface area contributed by atoms with Crippen LogP contribution in [0.4, 0.5) is 17.5 Å². The van der Waals surface area contributed by atoms with Crippen LogP contribution in [-0.2, 0) is 0 Å². The maximum atomic E-state index is 11.1. The molecule has 0 aliphatic heterocycles. The standard InChI is InChI=1S/C12H19N5O2/c1-7-5-3-4-6-9(7)15-11-10(17(18)19)8(2)14-12(13)16-11/h7,9H,3-6H2,1-2H3,(H3,13,14,15,16). The zero-order valence-electron chi connectivity index (χ0n) is 11.2. The molecule has 104 valence electrons. The van der Waals surface area contributed by atoms with Crippen LogP contribution in [0, 0.1) is 23.0 Å². The molecule has 0 spiro atoms. The molecule has 1 aromatic rings. The Balaban J connectivity index is 2.30. The van der Waals surface area contributed by atoms with E-state index in [2.05, 4.69) is 22.2 Å². The van der Waals surface area contributed by atoms with Crippen molar-refractivity contribution < 1.29 is 4.92 Å². The maximum Gasteiger partial charge on any atom is 0.332 e. The van der Waals surface area contributed by atoms with E-state index in [9.17, 15) is 10.1 Å². The Hall–Kier alpha value is -1.92. The van der Waals surface area contributed by atoms with Crippen LogP contribution in [0.2, 0.25) is 0 Å². The van der Waals surface area contributed by atoms with Crippen molar-refractivity contribution in [2.75, 3.05) is 11.1 Å². The predicted molar refractivity (Wildman–Crippen MR) is 72.9 cm³/mol. The third-order valence-electron chi connectivity index (χ3n) is 3.69. The van der Waals surface area contributed by atoms with Crippen molar-refractivity contribution in [3.8, 4) is 0 Å². The molecule has 7 nitrogen and oxygen atoms in total. The van der Waals surface area contributed by atoms with Gasteiger partial charge in [-0.25, -0.2) is 4.98 Å². The average Bonchev–Trinajstić information content (AvgIpc) is 2.30. The molecule has 1 aliphatic rings. The second-order valence-corrected chi connectivity index (χ2v) is 5.13. The number of nitrogen functional groups attached to an aromatic ring is 1. The highest BCUT2D eigenvalue weighted by Gasteiger charge is 2.27. The van der Waals surface area contributed by atoms with Crippen LogP contribution in [0.5, 0.6) is 0 Å². The normalized spacial score (nSPS) is 23.1. The number of rotatable bonds is 3. The Morgan fingerprint density at radius 2 is 2.05 bits per heavy atom. The minimum Gasteiger partial charge on any atom is -0.368 e. The molecule has 1 saturated carbocycles. The Morgan fingerprint density at radius 1 is 1.37 bits per heavy atom. The molecule has 0 bridgehead atoms. The summed E-state index contributed by atoms with van der Waals surface area (Å²) in [4.78, 5) is 18.5. The number of aryl methyl sites for hydroxylation is 1. The summed E-state index contributed by atoms with van der Waals surface area (Å²) in [5.74, 6) is 0.785. The molecule has 19 heavy (non-hydrogen) atoms. The minimum atomic E-state index is -0.454. The van der Waals surface area contributed by atoms with Gasteiger partial charge in [0.05, 0.1) is 4.92 Å². The lowest BCUT2D eigenvalue weighted by Gasteiger charge is -2.29. The molecule has 3 N–H and O–H groups in total. The Morgan fingerprint density at radius 3 is 2.68 bits per heavy atom. The fourth-order valence-corrected chi connectivity index (χ4v) is 2.61. The van der Waals surface area contributed by atoms with Crippen molar-refractivity contribution in [1.29, 1.82) is 0 Å². The van der Waals surface area contributed by atoms with Gasteiger partial charge in [-0.15, -0.1) is 0 Å². The number of nitrogens with one attached hydrogen (secondary N) is 1. The van der Waals surface area contributed by atoms with E-state index in [0.717, 1.165) is 19.3 Å². The molecule has 1 fully saturated rings. The number of nitro groups is 1. The van der Waals surface area contributed by atoms with Crippen LogP contribution in [-0.4, -0.2) is 20.9 Å². The molecule has 0 amide bonds. The smallest absolute Gasteiger partial charge is 0.332 e. The van der Waals surface area contributed by atoms with Crippen molar-refractivity contribution >= 4 is 17.5 Å². The van der Waals surface area contributed by atoms with E-state index in [1.165, 1.54) is 6.42 Å². The first kappa shape index (κ1) is 13.5. The van der Waals surface area contributed by atoms with E-state index in [0.29, 0.717) is 11.6 Å². The van der Waals surface area contributed by atoms with Gasteiger partial charge in [0.1, 0.15) is 5.69 Å². The summed E-state index contributed by atoms with van der Waals surface area (Å²) < 4.78 is 0. The molecule has 2 unspecified atom stereocenters. The van der Waals surface area contributed by atoms with Gasteiger partial charge in [-0.3, -0.25) is 10.1 Å². The van der Waals surface area contributed by atoms with Crippen molar-refractivity contribution in [3.63, 3.8) is 0 Å². The minimum absolute atomic E-state index is 0.0639. The summed E-state index contributed by atoms with van der Waals surface area (Å²) in [5, 5.41) is 14.3. The van der Waals surface area contributed by atoms with Gasteiger partial charge in [-0.1, -0.05) is 19.8 Å². The first-order valence-corrected chi connectivity index (χ1v) is 6.54. The van der Waals surface area contributed by atoms with Gasteiger partial charge in [-0.05, 0) is 25.7 Å². The molecular weight excluding hydrogens is 246 g/mol. The lowest BCUT2D eigenvalue weighted by Crippen LogP contribution is -2.31. The molecule has 0 saturated heterocycles. The Bertz CT molecular complexity index is 491. The van der Waals surface area contributed by atoms with Crippen LogP contribution in [0.25, 0.3) is 0 Å². The van der Waals surface area contributed by atoms with Gasteiger partial charge < -0.3 is 11.1 Å². The SMILES string of the molecule is Cc1nc(N)nc(NC2CCCCC2C)c1[N+](=O)[O-]. The lowest BCUT2D eigenvalue weighted by atomic mass is 9.86. The largest absolute Gasteiger partial charge is 0.368 e. The van der Waals surface area contributed by atoms with Crippen molar-refractivity contribution in [1.82, 2.24) is 9.97 Å². The highest BCUT2D eigenvalue weighted by Crippen LogP contribution is 2.31. The van der Waals surface area contributed by atoms with Gasteiger partial charge in [-0.2, -0.15) is 4.98 Å². The lowest BCUT2D eigenvalue weighted by molar-refractivity contribution is -0.385. The van der Waals surface area contributed by atoms with Crippen LogP contribution in [0.3, 0.4) is 0 Å². The van der Waals surface area contributed by atoms with Crippen LogP contribution in [0.15, 0.2) is 0 Å². The van der Waals surface area contributed by atoms with Crippen LogP contribution in [0.1, 0.15) is 38.3 Å². The molecule has 0 aromatic carbocycles. The van der Waals surface area contributed by atoms with Gasteiger partial charge in [0.15, 0.2) is 0 Å². The Labute approximate surface area is 111 Å². The monoisotopic (exact) mass is 265 g/mol. The van der Waals surface area contributed by atoms with Gasteiger partial charge in [0.25, 0.3) is 0 Å². The maximum absolute atomic E-state index is 11.1. The fourth-order valence-electron chi connectivity index (χ4n) is 2.61. The van der Waals surface area contributed by atoms with E-state index in [4.69, 9.17) is 5.73 Å². The third kappa shape index (κ3) is 2.91. The topological polar surface area (TPSA) is 107 Å². The van der Waals surface area contributed by atoms with E-state index in [1.54, 1.807) is 6.92 Å². The number of aromatic nitrogens is 2. The Kier molecular flexibility index (Phi) is 3.82. The van der Waals surface area contributed by atoms with E-state index in [-0.39, 0.29) is 23.5 Å². The van der Waals surface area contributed by atoms with Gasteiger partial charge in [0, 0.05) is 6.04 Å². The number of nitrogens with zero attached hydrogens (tertiary/aromatic N) is 3. The molecule has 1 heterocycles. The van der Waals surface area contributed by atoms with Crippen LogP contribution < -0.4 is 11.1 Å².